The van der Waals surface area contributed by atoms with Gasteiger partial charge in [0.15, 0.2) is 0 Å². The molecule has 17 heavy (non-hydrogen) atoms. The molecule has 0 heterocycles. The quantitative estimate of drug-likeness (QED) is 0.707. The third kappa shape index (κ3) is 1.75. The summed E-state index contributed by atoms with van der Waals surface area (Å²) in [5.41, 5.74) is 4.47. The molecule has 86 valence electrons. The van der Waals surface area contributed by atoms with Gasteiger partial charge in [-0.2, -0.15) is 4.21 Å². The van der Waals surface area contributed by atoms with Crippen LogP contribution < -0.4 is 4.18 Å². The zero-order valence-electron chi connectivity index (χ0n) is 8.92. The van der Waals surface area contributed by atoms with Crippen LogP contribution in [0.2, 0.25) is 0 Å². The molecule has 2 aromatic carbocycles. The maximum absolute atomic E-state index is 10.7. The average molecular weight is 246 g/mol. The van der Waals surface area contributed by atoms with Crippen molar-refractivity contribution in [1.29, 1.82) is 0 Å². The first kappa shape index (κ1) is 10.5. The van der Waals surface area contributed by atoms with E-state index in [1.165, 1.54) is 11.1 Å². The highest BCUT2D eigenvalue weighted by atomic mass is 32.2. The second kappa shape index (κ2) is 3.98. The molecule has 0 amide bonds. The van der Waals surface area contributed by atoms with E-state index in [1.807, 2.05) is 24.3 Å². The van der Waals surface area contributed by atoms with E-state index in [4.69, 9.17) is 8.74 Å². The predicted octanol–water partition coefficient (Wildman–Crippen LogP) is 2.77. The van der Waals surface area contributed by atoms with Crippen molar-refractivity contribution in [3.63, 3.8) is 0 Å². The van der Waals surface area contributed by atoms with E-state index in [2.05, 4.69) is 12.1 Å². The Morgan fingerprint density at radius 1 is 1.06 bits per heavy atom. The van der Waals surface area contributed by atoms with Crippen molar-refractivity contribution in [3.8, 4) is 16.9 Å². The summed E-state index contributed by atoms with van der Waals surface area (Å²) in [5.74, 6) is 0.486. The molecule has 0 radical (unpaired) electrons. The lowest BCUT2D eigenvalue weighted by Gasteiger charge is -2.06. The van der Waals surface area contributed by atoms with E-state index in [0.717, 1.165) is 17.5 Å². The second-order valence-electron chi connectivity index (χ2n) is 3.92. The molecule has 0 aliphatic heterocycles. The van der Waals surface area contributed by atoms with E-state index in [0.29, 0.717) is 5.75 Å². The topological polar surface area (TPSA) is 46.5 Å². The molecule has 0 fully saturated rings. The highest BCUT2D eigenvalue weighted by Gasteiger charge is 2.21. The molecule has 1 unspecified atom stereocenters. The fraction of sp³-hybridized carbons (Fsp3) is 0.0769. The van der Waals surface area contributed by atoms with Gasteiger partial charge in [0.05, 0.1) is 0 Å². The van der Waals surface area contributed by atoms with Gasteiger partial charge < -0.3 is 4.18 Å². The first-order valence-electron chi connectivity index (χ1n) is 5.25. The van der Waals surface area contributed by atoms with E-state index in [-0.39, 0.29) is 0 Å². The Kier molecular flexibility index (Phi) is 2.46. The van der Waals surface area contributed by atoms with Gasteiger partial charge in [-0.1, -0.05) is 36.4 Å². The minimum Gasteiger partial charge on any atom is -0.380 e. The van der Waals surface area contributed by atoms with Crippen LogP contribution in [-0.4, -0.2) is 8.76 Å². The highest BCUT2D eigenvalue weighted by Crippen LogP contribution is 2.40. The third-order valence-corrected chi connectivity index (χ3v) is 3.29. The van der Waals surface area contributed by atoms with Crippen LogP contribution in [0, 0.1) is 0 Å². The first-order valence-corrected chi connectivity index (χ1v) is 6.28. The largest absolute Gasteiger partial charge is 0.380 e. The highest BCUT2D eigenvalue weighted by molar-refractivity contribution is 7.74. The van der Waals surface area contributed by atoms with E-state index in [1.54, 1.807) is 6.07 Å². The van der Waals surface area contributed by atoms with Gasteiger partial charge in [0.1, 0.15) is 5.75 Å². The van der Waals surface area contributed by atoms with E-state index in [9.17, 15) is 4.21 Å². The minimum atomic E-state index is -2.27. The van der Waals surface area contributed by atoms with Crippen molar-refractivity contribution in [3.05, 3.63) is 53.6 Å². The fourth-order valence-electron chi connectivity index (χ4n) is 2.28. The van der Waals surface area contributed by atoms with Gasteiger partial charge in [0, 0.05) is 12.0 Å². The molecule has 3 nitrogen and oxygen atoms in total. The molecule has 0 saturated carbocycles. The third-order valence-electron chi connectivity index (χ3n) is 2.97. The van der Waals surface area contributed by atoms with Crippen molar-refractivity contribution in [2.24, 2.45) is 0 Å². The molecular formula is C13H10O3S. The lowest BCUT2D eigenvalue weighted by Crippen LogP contribution is -2.00. The molecule has 3 rings (SSSR count). The lowest BCUT2D eigenvalue weighted by atomic mass is 10.1. The zero-order valence-corrected chi connectivity index (χ0v) is 9.74. The number of benzene rings is 2. The van der Waals surface area contributed by atoms with Crippen LogP contribution in [0.15, 0.2) is 42.5 Å². The summed E-state index contributed by atoms with van der Waals surface area (Å²) >= 11 is -2.27. The Bertz CT molecular complexity index is 607. The summed E-state index contributed by atoms with van der Waals surface area (Å²) in [4.78, 5) is 0. The summed E-state index contributed by atoms with van der Waals surface area (Å²) in [5, 5.41) is 0. The first-order chi connectivity index (χ1) is 8.25. The van der Waals surface area contributed by atoms with Crippen molar-refractivity contribution in [2.45, 2.75) is 6.42 Å². The fourth-order valence-corrected chi connectivity index (χ4v) is 2.59. The number of rotatable bonds is 2. The Morgan fingerprint density at radius 3 is 2.65 bits per heavy atom. The maximum Gasteiger partial charge on any atom is 0.357 e. The Hall–Kier alpha value is -1.65. The number of hydrogen-bond acceptors (Lipinski definition) is 2. The summed E-state index contributed by atoms with van der Waals surface area (Å²) in [7, 11) is 0. The summed E-state index contributed by atoms with van der Waals surface area (Å²) < 4.78 is 24.5. The smallest absolute Gasteiger partial charge is 0.357 e. The van der Waals surface area contributed by atoms with Gasteiger partial charge in [-0.3, -0.25) is 4.55 Å². The van der Waals surface area contributed by atoms with Gasteiger partial charge in [-0.15, -0.1) is 0 Å². The average Bonchev–Trinajstić information content (AvgIpc) is 2.68. The van der Waals surface area contributed by atoms with Gasteiger partial charge >= 0.3 is 11.4 Å². The number of fused-ring (bicyclic) bond motifs is 3. The SMILES string of the molecule is O=S(O)Oc1cccc2c1Cc1ccccc1-2. The van der Waals surface area contributed by atoms with Crippen LogP contribution in [0.25, 0.3) is 11.1 Å². The van der Waals surface area contributed by atoms with Crippen molar-refractivity contribution >= 4 is 11.4 Å². The monoisotopic (exact) mass is 246 g/mol. The molecule has 0 spiro atoms. The minimum absolute atomic E-state index is 0.486. The van der Waals surface area contributed by atoms with E-state index < -0.39 is 11.4 Å². The lowest BCUT2D eigenvalue weighted by molar-refractivity contribution is 0.456. The molecule has 0 aromatic heterocycles. The molecule has 1 aliphatic rings. The normalized spacial score (nSPS) is 13.9. The molecule has 0 bridgehead atoms. The summed E-state index contributed by atoms with van der Waals surface area (Å²) in [6.45, 7) is 0. The van der Waals surface area contributed by atoms with Crippen molar-refractivity contribution in [1.82, 2.24) is 0 Å². The molecule has 1 atom stereocenters. The number of hydrogen-bond donors (Lipinski definition) is 1. The molecule has 1 N–H and O–H groups in total. The Morgan fingerprint density at radius 2 is 1.82 bits per heavy atom. The zero-order chi connectivity index (χ0) is 11.8. The second-order valence-corrected chi connectivity index (χ2v) is 4.52. The van der Waals surface area contributed by atoms with Gasteiger partial charge in [0.25, 0.3) is 0 Å². The van der Waals surface area contributed by atoms with Crippen LogP contribution in [0.5, 0.6) is 5.75 Å². The van der Waals surface area contributed by atoms with Gasteiger partial charge in [0.2, 0.25) is 0 Å². The summed E-state index contributed by atoms with van der Waals surface area (Å²) in [6, 6.07) is 13.7. The summed E-state index contributed by atoms with van der Waals surface area (Å²) in [6.07, 6.45) is 0.749. The van der Waals surface area contributed by atoms with Gasteiger partial charge in [-0.05, 0) is 22.8 Å². The van der Waals surface area contributed by atoms with Gasteiger partial charge in [-0.25, -0.2) is 0 Å². The molecule has 0 saturated heterocycles. The Balaban J connectivity index is 2.14. The standard InChI is InChI=1S/C13H10O3S/c14-17(15)16-13-7-3-6-11-10-5-2-1-4-9(10)8-12(11)13/h1-7H,8H2,(H,14,15). The van der Waals surface area contributed by atoms with Crippen LogP contribution in [-0.2, 0) is 17.8 Å². The molecule has 1 aliphatic carbocycles. The molecule has 2 aromatic rings. The van der Waals surface area contributed by atoms with Crippen LogP contribution >= 0.6 is 0 Å². The van der Waals surface area contributed by atoms with E-state index >= 15 is 0 Å². The van der Waals surface area contributed by atoms with Crippen LogP contribution in [0.3, 0.4) is 0 Å². The van der Waals surface area contributed by atoms with Crippen molar-refractivity contribution in [2.75, 3.05) is 0 Å². The molecular weight excluding hydrogens is 236 g/mol. The molecule has 4 heteroatoms. The van der Waals surface area contributed by atoms with Crippen LogP contribution in [0.4, 0.5) is 0 Å². The van der Waals surface area contributed by atoms with Crippen molar-refractivity contribution < 1.29 is 12.9 Å². The Labute approximate surface area is 102 Å². The predicted molar refractivity (Wildman–Crippen MR) is 66.1 cm³/mol. The maximum atomic E-state index is 10.7. The van der Waals surface area contributed by atoms with Crippen LogP contribution in [0.1, 0.15) is 11.1 Å².